The summed E-state index contributed by atoms with van der Waals surface area (Å²) in [6, 6.07) is -0.212. The Balaban J connectivity index is 1.78. The number of rotatable bonds is 4. The number of nitrogens with zero attached hydrogens (tertiary/aromatic N) is 2. The van der Waals surface area contributed by atoms with Crippen LogP contribution in [0.2, 0.25) is 0 Å². The van der Waals surface area contributed by atoms with Crippen LogP contribution in [-0.4, -0.2) is 45.5 Å². The Morgan fingerprint density at radius 2 is 2.22 bits per heavy atom. The Labute approximate surface area is 136 Å². The maximum atomic E-state index is 11.4. The lowest BCUT2D eigenvalue weighted by molar-refractivity contribution is -0.108. The highest BCUT2D eigenvalue weighted by Gasteiger charge is 2.31. The first-order valence-corrected chi connectivity index (χ1v) is 8.55. The number of aryl methyl sites for hydroxylation is 1. The summed E-state index contributed by atoms with van der Waals surface area (Å²) in [6.07, 6.45) is 5.38. The van der Waals surface area contributed by atoms with E-state index in [9.17, 15) is 9.90 Å². The molecule has 3 rings (SSSR count). The minimum absolute atomic E-state index is 0.212. The smallest absolute Gasteiger partial charge is 0.407 e. The molecule has 7 nitrogen and oxygen atoms in total. The summed E-state index contributed by atoms with van der Waals surface area (Å²) >= 11 is 0. The van der Waals surface area contributed by atoms with Crippen molar-refractivity contribution in [3.63, 3.8) is 0 Å². The van der Waals surface area contributed by atoms with Gasteiger partial charge in [0.25, 0.3) is 0 Å². The van der Waals surface area contributed by atoms with E-state index in [2.05, 4.69) is 9.97 Å². The minimum atomic E-state index is -0.887. The fraction of sp³-hybridized carbons (Fsp3) is 0.750. The van der Waals surface area contributed by atoms with E-state index >= 15 is 0 Å². The highest BCUT2D eigenvalue weighted by atomic mass is 16.7. The molecule has 2 fully saturated rings. The van der Waals surface area contributed by atoms with Crippen LogP contribution in [0.15, 0.2) is 0 Å². The average molecular weight is 323 g/mol. The van der Waals surface area contributed by atoms with Crippen LogP contribution < -0.4 is 4.74 Å². The Bertz CT molecular complexity index is 539. The molecule has 0 aliphatic carbocycles. The molecule has 0 aromatic carbocycles. The summed E-state index contributed by atoms with van der Waals surface area (Å²) in [5.41, 5.74) is 0.838. The van der Waals surface area contributed by atoms with Crippen LogP contribution >= 0.6 is 0 Å². The number of nitrogens with one attached hydrogen (secondary N) is 1. The van der Waals surface area contributed by atoms with Crippen LogP contribution in [-0.2, 0) is 11.2 Å². The van der Waals surface area contributed by atoms with Crippen LogP contribution in [0.3, 0.4) is 0 Å². The van der Waals surface area contributed by atoms with Crippen LogP contribution in [0.4, 0.5) is 4.79 Å². The Kier molecular flexibility index (Phi) is 5.05. The number of imidazole rings is 1. The van der Waals surface area contributed by atoms with Crippen LogP contribution in [0, 0.1) is 0 Å². The fourth-order valence-electron chi connectivity index (χ4n) is 3.29. The molecule has 0 radical (unpaired) electrons. The zero-order chi connectivity index (χ0) is 16.2. The second-order valence-corrected chi connectivity index (χ2v) is 6.15. The summed E-state index contributed by atoms with van der Waals surface area (Å²) in [6.45, 7) is 3.30. The molecular formula is C16H25N3O4. The van der Waals surface area contributed by atoms with Crippen molar-refractivity contribution in [2.45, 2.75) is 64.2 Å². The predicted molar refractivity (Wildman–Crippen MR) is 83.5 cm³/mol. The Morgan fingerprint density at radius 1 is 1.39 bits per heavy atom. The summed E-state index contributed by atoms with van der Waals surface area (Å²) < 4.78 is 11.6. The number of aromatic nitrogens is 2. The van der Waals surface area contributed by atoms with E-state index < -0.39 is 6.09 Å². The topological polar surface area (TPSA) is 87.7 Å². The number of H-pyrrole nitrogens is 1. The summed E-state index contributed by atoms with van der Waals surface area (Å²) in [4.78, 5) is 20.7. The third kappa shape index (κ3) is 3.60. The lowest BCUT2D eigenvalue weighted by Crippen LogP contribution is -2.38. The molecule has 128 valence electrons. The maximum absolute atomic E-state index is 11.4. The SMILES string of the molecule is CCc1nc(C2CCCCN2C(=O)O)[nH]c1OC1CCCCO1. The number of ether oxygens (including phenoxy) is 2. The first-order chi connectivity index (χ1) is 11.2. The van der Waals surface area contributed by atoms with Gasteiger partial charge in [0.1, 0.15) is 11.5 Å². The van der Waals surface area contributed by atoms with Crippen molar-refractivity contribution in [1.29, 1.82) is 0 Å². The summed E-state index contributed by atoms with van der Waals surface area (Å²) in [5.74, 6) is 1.32. The van der Waals surface area contributed by atoms with Gasteiger partial charge in [0.05, 0.1) is 12.6 Å². The second-order valence-electron chi connectivity index (χ2n) is 6.15. The molecule has 2 aliphatic rings. The number of hydrogen-bond acceptors (Lipinski definition) is 4. The van der Waals surface area contributed by atoms with Crippen molar-refractivity contribution < 1.29 is 19.4 Å². The van der Waals surface area contributed by atoms with Crippen molar-refractivity contribution in [3.05, 3.63) is 11.5 Å². The number of aromatic amines is 1. The van der Waals surface area contributed by atoms with Crippen LogP contribution in [0.5, 0.6) is 5.88 Å². The Morgan fingerprint density at radius 3 is 2.91 bits per heavy atom. The van der Waals surface area contributed by atoms with Crippen molar-refractivity contribution in [2.24, 2.45) is 0 Å². The van der Waals surface area contributed by atoms with Gasteiger partial charge < -0.3 is 19.6 Å². The van der Waals surface area contributed by atoms with Gasteiger partial charge in [-0.15, -0.1) is 0 Å². The number of amides is 1. The van der Waals surface area contributed by atoms with E-state index in [-0.39, 0.29) is 12.3 Å². The molecule has 1 aromatic heterocycles. The van der Waals surface area contributed by atoms with Crippen molar-refractivity contribution in [2.75, 3.05) is 13.2 Å². The van der Waals surface area contributed by atoms with Crippen LogP contribution in [0.25, 0.3) is 0 Å². The van der Waals surface area contributed by atoms with Gasteiger partial charge in [-0.1, -0.05) is 6.92 Å². The van der Waals surface area contributed by atoms with Crippen molar-refractivity contribution in [3.8, 4) is 5.88 Å². The molecule has 7 heteroatoms. The standard InChI is InChI=1S/C16H25N3O4/c1-2-11-15(23-13-8-4-6-10-22-13)18-14(17-11)12-7-3-5-9-19(12)16(20)21/h12-13H,2-10H2,1H3,(H,17,18)(H,20,21). The van der Waals surface area contributed by atoms with Gasteiger partial charge in [-0.25, -0.2) is 9.78 Å². The lowest BCUT2D eigenvalue weighted by Gasteiger charge is -2.32. The molecule has 23 heavy (non-hydrogen) atoms. The number of carbonyl (C=O) groups is 1. The molecule has 2 saturated heterocycles. The van der Waals surface area contributed by atoms with Gasteiger partial charge in [0.2, 0.25) is 12.2 Å². The van der Waals surface area contributed by atoms with E-state index in [1.54, 1.807) is 0 Å². The highest BCUT2D eigenvalue weighted by molar-refractivity contribution is 5.65. The average Bonchev–Trinajstić information content (AvgIpc) is 2.98. The summed E-state index contributed by atoms with van der Waals surface area (Å²) in [7, 11) is 0. The first kappa shape index (κ1) is 16.1. The van der Waals surface area contributed by atoms with Gasteiger partial charge in [-0.2, -0.15) is 0 Å². The molecule has 2 unspecified atom stereocenters. The third-order valence-electron chi connectivity index (χ3n) is 4.55. The molecule has 2 atom stereocenters. The van der Waals surface area contributed by atoms with E-state index in [0.717, 1.165) is 57.2 Å². The maximum Gasteiger partial charge on any atom is 0.407 e. The minimum Gasteiger partial charge on any atom is -0.465 e. The quantitative estimate of drug-likeness (QED) is 0.889. The molecule has 2 aliphatic heterocycles. The zero-order valence-electron chi connectivity index (χ0n) is 13.6. The van der Waals surface area contributed by atoms with Gasteiger partial charge in [0.15, 0.2) is 0 Å². The Hall–Kier alpha value is -1.76. The van der Waals surface area contributed by atoms with E-state index in [0.29, 0.717) is 18.2 Å². The van der Waals surface area contributed by atoms with E-state index in [1.165, 1.54) is 4.90 Å². The first-order valence-electron chi connectivity index (χ1n) is 8.55. The van der Waals surface area contributed by atoms with Gasteiger partial charge in [-0.3, -0.25) is 4.90 Å². The van der Waals surface area contributed by atoms with E-state index in [1.807, 2.05) is 6.92 Å². The molecule has 3 heterocycles. The van der Waals surface area contributed by atoms with Crippen molar-refractivity contribution >= 4 is 6.09 Å². The number of piperidine rings is 1. The van der Waals surface area contributed by atoms with Gasteiger partial charge >= 0.3 is 6.09 Å². The number of carboxylic acid groups (broad SMARTS) is 1. The molecule has 1 aromatic rings. The van der Waals surface area contributed by atoms with Crippen molar-refractivity contribution in [1.82, 2.24) is 14.9 Å². The number of hydrogen-bond donors (Lipinski definition) is 2. The lowest BCUT2D eigenvalue weighted by atomic mass is 10.0. The second kappa shape index (κ2) is 7.21. The molecular weight excluding hydrogens is 298 g/mol. The third-order valence-corrected chi connectivity index (χ3v) is 4.55. The zero-order valence-corrected chi connectivity index (χ0v) is 13.6. The van der Waals surface area contributed by atoms with E-state index in [4.69, 9.17) is 9.47 Å². The monoisotopic (exact) mass is 323 g/mol. The molecule has 0 bridgehead atoms. The largest absolute Gasteiger partial charge is 0.465 e. The molecule has 2 N–H and O–H groups in total. The normalized spacial score (nSPS) is 25.3. The fourth-order valence-corrected chi connectivity index (χ4v) is 3.29. The van der Waals surface area contributed by atoms with Gasteiger partial charge in [0, 0.05) is 13.0 Å². The molecule has 1 amide bonds. The number of likely N-dealkylation sites (tertiary alicyclic amines) is 1. The predicted octanol–water partition coefficient (Wildman–Crippen LogP) is 3.08. The molecule has 0 spiro atoms. The highest BCUT2D eigenvalue weighted by Crippen LogP contribution is 2.32. The summed E-state index contributed by atoms with van der Waals surface area (Å²) in [5, 5.41) is 9.40. The van der Waals surface area contributed by atoms with Gasteiger partial charge in [-0.05, 0) is 38.5 Å². The molecule has 0 saturated carbocycles. The van der Waals surface area contributed by atoms with Crippen LogP contribution in [0.1, 0.15) is 63.0 Å².